The van der Waals surface area contributed by atoms with E-state index in [1.54, 1.807) is 18.3 Å². The van der Waals surface area contributed by atoms with Gasteiger partial charge in [0.05, 0.1) is 0 Å². The number of aromatic amines is 1. The average molecular weight is 290 g/mol. The fraction of sp³-hybridized carbons (Fsp3) is 0. The second-order valence-corrected chi connectivity index (χ2v) is 4.90. The molecule has 0 unspecified atom stereocenters. The molecule has 0 spiro atoms. The Bertz CT molecular complexity index is 939. The van der Waals surface area contributed by atoms with Crippen LogP contribution < -0.4 is 0 Å². The van der Waals surface area contributed by atoms with Gasteiger partial charge in [0, 0.05) is 17.1 Å². The summed E-state index contributed by atoms with van der Waals surface area (Å²) in [4.78, 5) is 8.88. The van der Waals surface area contributed by atoms with E-state index in [0.717, 1.165) is 22.0 Å². The highest BCUT2D eigenvalue weighted by Gasteiger charge is 2.11. The van der Waals surface area contributed by atoms with Gasteiger partial charge in [-0.05, 0) is 35.7 Å². The molecule has 0 fully saturated rings. The molecule has 22 heavy (non-hydrogen) atoms. The van der Waals surface area contributed by atoms with Gasteiger partial charge in [0.2, 0.25) is 0 Å². The fourth-order valence-electron chi connectivity index (χ4n) is 2.40. The van der Waals surface area contributed by atoms with Crippen LogP contribution >= 0.6 is 0 Å². The first-order valence-corrected chi connectivity index (χ1v) is 6.84. The standard InChI is InChI=1S/C17H11FN4/c18-13-7-5-12(6-8-13)16-20-17(22-21-16)15-14-4-2-1-3-11(14)9-10-19-15/h1-10H,(H,20,21,22). The lowest BCUT2D eigenvalue weighted by Gasteiger charge is -2.01. The second-order valence-electron chi connectivity index (χ2n) is 4.90. The highest BCUT2D eigenvalue weighted by Crippen LogP contribution is 2.25. The Labute approximate surface area is 125 Å². The van der Waals surface area contributed by atoms with Crippen LogP contribution in [0.5, 0.6) is 0 Å². The molecule has 0 radical (unpaired) electrons. The third kappa shape index (κ3) is 2.13. The number of hydrogen-bond donors (Lipinski definition) is 1. The SMILES string of the molecule is Fc1ccc(-c2n[nH]c(-c3nccc4ccccc34)n2)cc1. The van der Waals surface area contributed by atoms with Crippen LogP contribution in [0.3, 0.4) is 0 Å². The van der Waals surface area contributed by atoms with Crippen LogP contribution in [0.25, 0.3) is 33.7 Å². The normalized spacial score (nSPS) is 11.0. The molecule has 106 valence electrons. The number of fused-ring (bicyclic) bond motifs is 1. The maximum atomic E-state index is 13.0. The zero-order valence-electron chi connectivity index (χ0n) is 11.5. The van der Waals surface area contributed by atoms with E-state index in [-0.39, 0.29) is 5.82 Å². The quantitative estimate of drug-likeness (QED) is 0.610. The minimum absolute atomic E-state index is 0.282. The second kappa shape index (κ2) is 5.04. The minimum Gasteiger partial charge on any atom is -0.257 e. The molecule has 2 aromatic heterocycles. The lowest BCUT2D eigenvalue weighted by molar-refractivity contribution is 0.628. The van der Waals surface area contributed by atoms with Gasteiger partial charge in [-0.2, -0.15) is 5.10 Å². The maximum absolute atomic E-state index is 13.0. The first-order valence-electron chi connectivity index (χ1n) is 6.84. The zero-order chi connectivity index (χ0) is 14.9. The number of nitrogens with one attached hydrogen (secondary N) is 1. The molecule has 0 amide bonds. The molecule has 0 atom stereocenters. The molecule has 0 bridgehead atoms. The summed E-state index contributed by atoms with van der Waals surface area (Å²) < 4.78 is 13.0. The van der Waals surface area contributed by atoms with Gasteiger partial charge in [-0.3, -0.25) is 10.1 Å². The molecular weight excluding hydrogens is 279 g/mol. The Morgan fingerprint density at radius 3 is 2.59 bits per heavy atom. The van der Waals surface area contributed by atoms with Crippen molar-refractivity contribution in [1.29, 1.82) is 0 Å². The summed E-state index contributed by atoms with van der Waals surface area (Å²) in [5.74, 6) is 0.830. The van der Waals surface area contributed by atoms with Crippen LogP contribution in [0.4, 0.5) is 4.39 Å². The zero-order valence-corrected chi connectivity index (χ0v) is 11.5. The van der Waals surface area contributed by atoms with Crippen LogP contribution in [0, 0.1) is 5.82 Å². The van der Waals surface area contributed by atoms with E-state index in [1.165, 1.54) is 12.1 Å². The summed E-state index contributed by atoms with van der Waals surface area (Å²) in [7, 11) is 0. The highest BCUT2D eigenvalue weighted by molar-refractivity contribution is 5.92. The summed E-state index contributed by atoms with van der Waals surface area (Å²) in [6, 6.07) is 16.0. The summed E-state index contributed by atoms with van der Waals surface area (Å²) in [6.07, 6.45) is 1.75. The number of nitrogens with zero attached hydrogens (tertiary/aromatic N) is 3. The fourth-order valence-corrected chi connectivity index (χ4v) is 2.40. The molecule has 2 heterocycles. The van der Waals surface area contributed by atoms with Crippen molar-refractivity contribution < 1.29 is 4.39 Å². The Morgan fingerprint density at radius 2 is 1.73 bits per heavy atom. The summed E-state index contributed by atoms with van der Waals surface area (Å²) in [5, 5.41) is 9.21. The summed E-state index contributed by atoms with van der Waals surface area (Å²) in [5.41, 5.74) is 1.50. The van der Waals surface area contributed by atoms with Gasteiger partial charge >= 0.3 is 0 Å². The molecule has 5 heteroatoms. The number of H-pyrrole nitrogens is 1. The molecule has 1 N–H and O–H groups in total. The number of aromatic nitrogens is 4. The minimum atomic E-state index is -0.282. The van der Waals surface area contributed by atoms with E-state index in [1.807, 2.05) is 30.3 Å². The van der Waals surface area contributed by atoms with Crippen molar-refractivity contribution in [3.05, 3.63) is 66.6 Å². The Morgan fingerprint density at radius 1 is 0.909 bits per heavy atom. The first kappa shape index (κ1) is 12.6. The third-order valence-corrected chi connectivity index (χ3v) is 3.49. The van der Waals surface area contributed by atoms with Crippen molar-refractivity contribution in [2.45, 2.75) is 0 Å². The van der Waals surface area contributed by atoms with Gasteiger partial charge in [-0.25, -0.2) is 9.37 Å². The van der Waals surface area contributed by atoms with E-state index in [2.05, 4.69) is 20.2 Å². The van der Waals surface area contributed by atoms with Crippen molar-refractivity contribution in [2.24, 2.45) is 0 Å². The monoisotopic (exact) mass is 290 g/mol. The topological polar surface area (TPSA) is 54.5 Å². The largest absolute Gasteiger partial charge is 0.257 e. The molecule has 4 rings (SSSR count). The smallest absolute Gasteiger partial charge is 0.181 e. The van der Waals surface area contributed by atoms with Gasteiger partial charge in [0.25, 0.3) is 0 Å². The Kier molecular flexibility index (Phi) is 2.89. The number of halogens is 1. The molecule has 4 aromatic rings. The number of pyridine rings is 1. The van der Waals surface area contributed by atoms with E-state index in [9.17, 15) is 4.39 Å². The Balaban J connectivity index is 1.82. The van der Waals surface area contributed by atoms with Gasteiger partial charge in [-0.15, -0.1) is 0 Å². The molecule has 0 aliphatic carbocycles. The molecule has 0 aliphatic rings. The average Bonchev–Trinajstić information content (AvgIpc) is 3.05. The molecule has 4 nitrogen and oxygen atoms in total. The third-order valence-electron chi connectivity index (χ3n) is 3.49. The van der Waals surface area contributed by atoms with Crippen LogP contribution in [0.15, 0.2) is 60.8 Å². The van der Waals surface area contributed by atoms with Crippen molar-refractivity contribution in [2.75, 3.05) is 0 Å². The number of benzene rings is 2. The van der Waals surface area contributed by atoms with Gasteiger partial charge in [0.15, 0.2) is 11.6 Å². The predicted molar refractivity (Wildman–Crippen MR) is 82.5 cm³/mol. The van der Waals surface area contributed by atoms with E-state index in [0.29, 0.717) is 11.6 Å². The molecule has 0 saturated carbocycles. The van der Waals surface area contributed by atoms with Crippen molar-refractivity contribution in [1.82, 2.24) is 20.2 Å². The molecule has 0 aliphatic heterocycles. The van der Waals surface area contributed by atoms with E-state index >= 15 is 0 Å². The molecule has 2 aromatic carbocycles. The van der Waals surface area contributed by atoms with Crippen molar-refractivity contribution in [3.63, 3.8) is 0 Å². The highest BCUT2D eigenvalue weighted by atomic mass is 19.1. The van der Waals surface area contributed by atoms with Crippen LogP contribution in [0.1, 0.15) is 0 Å². The number of rotatable bonds is 2. The van der Waals surface area contributed by atoms with Crippen molar-refractivity contribution in [3.8, 4) is 22.9 Å². The predicted octanol–water partition coefficient (Wildman–Crippen LogP) is 3.83. The van der Waals surface area contributed by atoms with Crippen LogP contribution in [-0.4, -0.2) is 20.2 Å². The van der Waals surface area contributed by atoms with Crippen LogP contribution in [-0.2, 0) is 0 Å². The van der Waals surface area contributed by atoms with E-state index in [4.69, 9.17) is 0 Å². The van der Waals surface area contributed by atoms with Crippen LogP contribution in [0.2, 0.25) is 0 Å². The lowest BCUT2D eigenvalue weighted by Crippen LogP contribution is -1.88. The number of hydrogen-bond acceptors (Lipinski definition) is 3. The van der Waals surface area contributed by atoms with Crippen molar-refractivity contribution >= 4 is 10.8 Å². The lowest BCUT2D eigenvalue weighted by atomic mass is 10.1. The molecule has 0 saturated heterocycles. The summed E-state index contributed by atoms with van der Waals surface area (Å²) >= 11 is 0. The molecular formula is C17H11FN4. The Hall–Kier alpha value is -3.08. The van der Waals surface area contributed by atoms with E-state index < -0.39 is 0 Å². The maximum Gasteiger partial charge on any atom is 0.181 e. The summed E-state index contributed by atoms with van der Waals surface area (Å²) in [6.45, 7) is 0. The van der Waals surface area contributed by atoms with Gasteiger partial charge in [-0.1, -0.05) is 24.3 Å². The van der Waals surface area contributed by atoms with Gasteiger partial charge in [0.1, 0.15) is 11.5 Å². The first-order chi connectivity index (χ1) is 10.8. The van der Waals surface area contributed by atoms with Gasteiger partial charge < -0.3 is 0 Å².